The minimum atomic E-state index is -2.82. The summed E-state index contributed by atoms with van der Waals surface area (Å²) in [6.45, 7) is 1.52. The number of nitrogens with zero attached hydrogens (tertiary/aromatic N) is 1. The molecule has 0 aromatic heterocycles. The van der Waals surface area contributed by atoms with Gasteiger partial charge in [-0.05, 0) is 26.0 Å². The van der Waals surface area contributed by atoms with Crippen LogP contribution in [-0.2, 0) is 20.9 Å². The topological polar surface area (TPSA) is 70.8 Å². The molecule has 0 N–H and O–H groups in total. The van der Waals surface area contributed by atoms with Gasteiger partial charge in [-0.1, -0.05) is 0 Å². The van der Waals surface area contributed by atoms with Gasteiger partial charge in [-0.15, -0.1) is 0 Å². The molecule has 0 fully saturated rings. The van der Waals surface area contributed by atoms with Gasteiger partial charge in [-0.25, -0.2) is 0 Å². The van der Waals surface area contributed by atoms with Crippen molar-refractivity contribution in [3.8, 4) is 5.75 Å². The minimum Gasteiger partial charge on any atom is -0.424 e. The van der Waals surface area contributed by atoms with Crippen LogP contribution in [0.5, 0.6) is 5.75 Å². The normalized spacial score (nSPS) is 10.6. The third-order valence-corrected chi connectivity index (χ3v) is 4.28. The molecule has 9 heteroatoms. The fraction of sp³-hybridized carbons (Fsp3) is 0.400. The standard InChI is InChI=1S/C10H14NO5PS.Al.3H/c1-3-14-17(18,15-4-2)16-10-7-5-9(6-8-10)11(12)13;;;;/h5-8H,3-4H2,1-2H3;;;;. The van der Waals surface area contributed by atoms with Crippen LogP contribution in [0.4, 0.5) is 5.69 Å². The van der Waals surface area contributed by atoms with Crippen LogP contribution in [0.3, 0.4) is 0 Å². The number of hydrogen-bond acceptors (Lipinski definition) is 6. The Morgan fingerprint density at radius 3 is 2.05 bits per heavy atom. The Hall–Kier alpha value is -0.478. The van der Waals surface area contributed by atoms with Crippen LogP contribution in [0.2, 0.25) is 0 Å². The summed E-state index contributed by atoms with van der Waals surface area (Å²) in [5, 5.41) is 10.5. The molecule has 0 aliphatic heterocycles. The number of nitro benzene ring substituents is 1. The quantitative estimate of drug-likeness (QED) is 0.331. The summed E-state index contributed by atoms with van der Waals surface area (Å²) < 4.78 is 16.1. The van der Waals surface area contributed by atoms with E-state index in [0.717, 1.165) is 0 Å². The summed E-state index contributed by atoms with van der Waals surface area (Å²) in [6, 6.07) is 5.62. The second-order valence-corrected chi connectivity index (χ2v) is 6.06. The number of benzene rings is 1. The monoisotopic (exact) mass is 321 g/mol. The smallest absolute Gasteiger partial charge is 0.380 e. The second kappa shape index (κ2) is 8.65. The molecule has 19 heavy (non-hydrogen) atoms. The third kappa shape index (κ3) is 6.00. The van der Waals surface area contributed by atoms with Gasteiger partial charge in [-0.3, -0.25) is 19.2 Å². The van der Waals surface area contributed by atoms with E-state index in [4.69, 9.17) is 25.4 Å². The summed E-state index contributed by atoms with van der Waals surface area (Å²) >= 11 is 5.18. The SMILES string of the molecule is CCOP(=S)(OCC)Oc1ccc([N+](=O)[O-])cc1.[AlH3]. The van der Waals surface area contributed by atoms with Gasteiger partial charge in [0.15, 0.2) is 17.4 Å². The first-order chi connectivity index (χ1) is 8.50. The zero-order valence-corrected chi connectivity index (χ0v) is 11.8. The van der Waals surface area contributed by atoms with E-state index in [2.05, 4.69) is 0 Å². The van der Waals surface area contributed by atoms with E-state index in [1.54, 1.807) is 13.8 Å². The molecule has 0 aliphatic carbocycles. The number of nitro groups is 1. The maximum absolute atomic E-state index is 10.5. The summed E-state index contributed by atoms with van der Waals surface area (Å²) in [5.41, 5.74) is -0.0107. The summed E-state index contributed by atoms with van der Waals surface area (Å²) in [5.74, 6) is 0.394. The van der Waals surface area contributed by atoms with E-state index in [1.807, 2.05) is 0 Å². The summed E-state index contributed by atoms with van der Waals surface area (Å²) in [7, 11) is 0. The van der Waals surface area contributed by atoms with Gasteiger partial charge in [0.2, 0.25) is 0 Å². The highest BCUT2D eigenvalue weighted by Gasteiger charge is 2.21. The lowest BCUT2D eigenvalue weighted by Crippen LogP contribution is -2.02. The van der Waals surface area contributed by atoms with Crippen molar-refractivity contribution in [3.63, 3.8) is 0 Å². The van der Waals surface area contributed by atoms with Crippen molar-refractivity contribution in [2.45, 2.75) is 13.8 Å². The molecule has 0 unspecified atom stereocenters. The van der Waals surface area contributed by atoms with E-state index < -0.39 is 11.6 Å². The Labute approximate surface area is 127 Å². The van der Waals surface area contributed by atoms with Crippen molar-refractivity contribution in [2.24, 2.45) is 0 Å². The van der Waals surface area contributed by atoms with Gasteiger partial charge in [0.05, 0.1) is 18.1 Å². The molecule has 0 saturated heterocycles. The van der Waals surface area contributed by atoms with Crippen LogP contribution in [0.1, 0.15) is 13.8 Å². The minimum absolute atomic E-state index is 0. The Morgan fingerprint density at radius 1 is 1.21 bits per heavy atom. The van der Waals surface area contributed by atoms with E-state index in [1.165, 1.54) is 24.3 Å². The van der Waals surface area contributed by atoms with Gasteiger partial charge in [0.1, 0.15) is 5.75 Å². The Bertz CT molecular complexity index is 446. The maximum atomic E-state index is 10.5. The molecule has 6 nitrogen and oxygen atoms in total. The van der Waals surface area contributed by atoms with Crippen LogP contribution in [-0.4, -0.2) is 35.5 Å². The first-order valence-electron chi connectivity index (χ1n) is 5.34. The van der Waals surface area contributed by atoms with Crippen molar-refractivity contribution >= 4 is 41.6 Å². The largest absolute Gasteiger partial charge is 0.424 e. The fourth-order valence-electron chi connectivity index (χ4n) is 1.16. The molecule has 0 amide bonds. The molecular formula is C10H17AlNO5PS. The van der Waals surface area contributed by atoms with Gasteiger partial charge in [0, 0.05) is 23.9 Å². The van der Waals surface area contributed by atoms with Crippen LogP contribution in [0.25, 0.3) is 0 Å². The first kappa shape index (κ1) is 18.5. The molecule has 0 atom stereocenters. The van der Waals surface area contributed by atoms with Crippen molar-refractivity contribution in [3.05, 3.63) is 34.4 Å². The van der Waals surface area contributed by atoms with Crippen LogP contribution in [0.15, 0.2) is 24.3 Å². The summed E-state index contributed by atoms with van der Waals surface area (Å²) in [4.78, 5) is 10.0. The Kier molecular flexibility index (Phi) is 8.43. The Morgan fingerprint density at radius 2 is 1.68 bits per heavy atom. The maximum Gasteiger partial charge on any atom is 0.380 e. The van der Waals surface area contributed by atoms with Gasteiger partial charge < -0.3 is 4.52 Å². The van der Waals surface area contributed by atoms with Gasteiger partial charge >= 0.3 is 6.72 Å². The van der Waals surface area contributed by atoms with Crippen molar-refractivity contribution < 1.29 is 18.5 Å². The predicted molar refractivity (Wildman–Crippen MR) is 81.2 cm³/mol. The average Bonchev–Trinajstić information content (AvgIpc) is 2.30. The van der Waals surface area contributed by atoms with Crippen LogP contribution in [0, 0.1) is 10.1 Å². The zero-order valence-electron chi connectivity index (χ0n) is 10.1. The second-order valence-electron chi connectivity index (χ2n) is 3.13. The van der Waals surface area contributed by atoms with Crippen LogP contribution >= 0.6 is 6.72 Å². The molecule has 1 aromatic carbocycles. The van der Waals surface area contributed by atoms with E-state index in [9.17, 15) is 10.1 Å². The van der Waals surface area contributed by atoms with Gasteiger partial charge in [0.25, 0.3) is 5.69 Å². The number of hydrogen-bond donors (Lipinski definition) is 0. The molecule has 0 spiro atoms. The van der Waals surface area contributed by atoms with Gasteiger partial charge in [-0.2, -0.15) is 0 Å². The lowest BCUT2D eigenvalue weighted by Gasteiger charge is -2.20. The molecule has 0 bridgehead atoms. The van der Waals surface area contributed by atoms with Crippen molar-refractivity contribution in [2.75, 3.05) is 13.2 Å². The average molecular weight is 321 g/mol. The zero-order chi connectivity index (χ0) is 13.6. The lowest BCUT2D eigenvalue weighted by molar-refractivity contribution is -0.384. The highest BCUT2D eigenvalue weighted by molar-refractivity contribution is 8.07. The summed E-state index contributed by atoms with van der Waals surface area (Å²) in [6.07, 6.45) is 0. The molecule has 1 rings (SSSR count). The molecule has 1 aromatic rings. The molecule has 106 valence electrons. The van der Waals surface area contributed by atoms with Crippen LogP contribution < -0.4 is 4.52 Å². The van der Waals surface area contributed by atoms with E-state index >= 15 is 0 Å². The fourth-order valence-corrected chi connectivity index (χ4v) is 3.25. The third-order valence-electron chi connectivity index (χ3n) is 1.84. The first-order valence-corrected chi connectivity index (χ1v) is 7.89. The lowest BCUT2D eigenvalue weighted by atomic mass is 10.3. The van der Waals surface area contributed by atoms with E-state index in [-0.39, 0.29) is 23.0 Å². The van der Waals surface area contributed by atoms with E-state index in [0.29, 0.717) is 19.0 Å². The molecule has 0 aliphatic rings. The van der Waals surface area contributed by atoms with Crippen molar-refractivity contribution in [1.29, 1.82) is 0 Å². The predicted octanol–water partition coefficient (Wildman–Crippen LogP) is 2.09. The highest BCUT2D eigenvalue weighted by Crippen LogP contribution is 2.49. The number of rotatable bonds is 7. The molecular weight excluding hydrogens is 304 g/mol. The molecule has 0 saturated carbocycles. The molecule has 0 heterocycles. The highest BCUT2D eigenvalue weighted by atomic mass is 32.5. The number of non-ortho nitro benzene ring substituents is 1. The Balaban J connectivity index is 0.00000324. The van der Waals surface area contributed by atoms with Crippen molar-refractivity contribution in [1.82, 2.24) is 0 Å². The molecule has 0 radical (unpaired) electrons.